The van der Waals surface area contributed by atoms with Gasteiger partial charge in [0.15, 0.2) is 0 Å². The second-order valence-electron chi connectivity index (χ2n) is 5.01. The molecule has 1 aromatic heterocycles. The number of aromatic nitrogens is 1. The first-order valence-corrected chi connectivity index (χ1v) is 6.88. The fourth-order valence-corrected chi connectivity index (χ4v) is 2.50. The lowest BCUT2D eigenvalue weighted by atomic mass is 9.93. The lowest BCUT2D eigenvalue weighted by Gasteiger charge is -2.26. The van der Waals surface area contributed by atoms with Crippen molar-refractivity contribution in [1.29, 1.82) is 0 Å². The van der Waals surface area contributed by atoms with Gasteiger partial charge in [-0.2, -0.15) is 0 Å². The van der Waals surface area contributed by atoms with Crippen LogP contribution in [-0.2, 0) is 0 Å². The van der Waals surface area contributed by atoms with Gasteiger partial charge < -0.3 is 15.2 Å². The highest BCUT2D eigenvalue weighted by Gasteiger charge is 2.21. The molecule has 21 heavy (non-hydrogen) atoms. The van der Waals surface area contributed by atoms with Crippen LogP contribution in [0.15, 0.2) is 42.7 Å². The number of hydrogen-bond acceptors (Lipinski definition) is 4. The van der Waals surface area contributed by atoms with Gasteiger partial charge in [0.05, 0.1) is 18.4 Å². The average molecular weight is 284 g/mol. The number of rotatable bonds is 3. The molecule has 5 nitrogen and oxygen atoms in total. The van der Waals surface area contributed by atoms with Crippen LogP contribution >= 0.6 is 0 Å². The fourth-order valence-electron chi connectivity index (χ4n) is 2.50. The van der Waals surface area contributed by atoms with Crippen molar-refractivity contribution < 1.29 is 14.6 Å². The van der Waals surface area contributed by atoms with Crippen LogP contribution in [0, 0.1) is 0 Å². The van der Waals surface area contributed by atoms with Gasteiger partial charge >= 0.3 is 0 Å². The summed E-state index contributed by atoms with van der Waals surface area (Å²) in [6, 6.07) is 9.30. The zero-order valence-corrected chi connectivity index (χ0v) is 11.5. The van der Waals surface area contributed by atoms with E-state index in [9.17, 15) is 9.90 Å². The van der Waals surface area contributed by atoms with E-state index in [1.165, 1.54) is 18.5 Å². The van der Waals surface area contributed by atoms with E-state index in [1.54, 1.807) is 0 Å². The molecule has 0 radical (unpaired) electrons. The number of amides is 1. The lowest BCUT2D eigenvalue weighted by molar-refractivity contribution is 0.0947. The van der Waals surface area contributed by atoms with E-state index in [4.69, 9.17) is 4.74 Å². The van der Waals surface area contributed by atoms with Crippen molar-refractivity contribution >= 4 is 5.91 Å². The van der Waals surface area contributed by atoms with Crippen LogP contribution in [0.1, 0.15) is 28.3 Å². The first-order chi connectivity index (χ1) is 10.2. The number of aromatic hydroxyl groups is 1. The third-order valence-corrected chi connectivity index (χ3v) is 3.58. The van der Waals surface area contributed by atoms with Crippen molar-refractivity contribution in [3.8, 4) is 11.5 Å². The number of benzene rings is 1. The smallest absolute Gasteiger partial charge is 0.253 e. The Morgan fingerprint density at radius 2 is 2.24 bits per heavy atom. The largest absolute Gasteiger partial charge is 0.506 e. The molecule has 1 aliphatic rings. The normalized spacial score (nSPS) is 16.7. The first kappa shape index (κ1) is 13.4. The first-order valence-electron chi connectivity index (χ1n) is 6.88. The van der Waals surface area contributed by atoms with E-state index in [2.05, 4.69) is 10.3 Å². The summed E-state index contributed by atoms with van der Waals surface area (Å²) in [5, 5.41) is 12.2. The molecule has 3 rings (SSSR count). The second kappa shape index (κ2) is 5.83. The van der Waals surface area contributed by atoms with Gasteiger partial charge in [-0.25, -0.2) is 0 Å². The highest BCUT2D eigenvalue weighted by Crippen LogP contribution is 2.32. The van der Waals surface area contributed by atoms with Crippen LogP contribution in [0.2, 0.25) is 0 Å². The maximum absolute atomic E-state index is 12.1. The molecule has 1 amide bonds. The van der Waals surface area contributed by atoms with Gasteiger partial charge in [0, 0.05) is 18.7 Å². The number of nitrogens with one attached hydrogen (secondary N) is 1. The number of ether oxygens (including phenoxy) is 1. The summed E-state index contributed by atoms with van der Waals surface area (Å²) in [6.45, 7) is 1.19. The summed E-state index contributed by atoms with van der Waals surface area (Å²) in [5.74, 6) is 0.882. The van der Waals surface area contributed by atoms with Crippen molar-refractivity contribution in [2.45, 2.75) is 12.3 Å². The molecule has 1 atom stereocenters. The summed E-state index contributed by atoms with van der Waals surface area (Å²) in [4.78, 5) is 15.9. The summed E-state index contributed by atoms with van der Waals surface area (Å²) in [5.41, 5.74) is 1.48. The summed E-state index contributed by atoms with van der Waals surface area (Å²) < 4.78 is 5.61. The van der Waals surface area contributed by atoms with Gasteiger partial charge in [-0.3, -0.25) is 9.78 Å². The van der Waals surface area contributed by atoms with E-state index in [1.807, 2.05) is 24.3 Å². The summed E-state index contributed by atoms with van der Waals surface area (Å²) in [7, 11) is 0. The minimum Gasteiger partial charge on any atom is -0.506 e. The van der Waals surface area contributed by atoms with Gasteiger partial charge in [-0.05, 0) is 24.1 Å². The third-order valence-electron chi connectivity index (χ3n) is 3.58. The standard InChI is InChI=1S/C16H16N2O3/c19-13-7-12(8-17-10-13)16(20)18-9-11-5-6-21-15-4-2-1-3-14(11)15/h1-4,7-8,10-11,19H,5-6,9H2,(H,18,20)/t11-/m0/s1. The van der Waals surface area contributed by atoms with Gasteiger partial charge in [0.25, 0.3) is 5.91 Å². The molecule has 1 aromatic carbocycles. The average Bonchev–Trinajstić information content (AvgIpc) is 2.52. The molecule has 0 saturated heterocycles. The van der Waals surface area contributed by atoms with E-state index in [-0.39, 0.29) is 17.6 Å². The van der Waals surface area contributed by atoms with Crippen molar-refractivity contribution in [3.63, 3.8) is 0 Å². The van der Waals surface area contributed by atoms with Gasteiger partial charge in [0.1, 0.15) is 11.5 Å². The molecule has 108 valence electrons. The maximum Gasteiger partial charge on any atom is 0.253 e. The van der Waals surface area contributed by atoms with Crippen LogP contribution < -0.4 is 10.1 Å². The fraction of sp³-hybridized carbons (Fsp3) is 0.250. The van der Waals surface area contributed by atoms with Crippen LogP contribution in [-0.4, -0.2) is 29.1 Å². The molecule has 5 heteroatoms. The molecule has 0 bridgehead atoms. The predicted octanol–water partition coefficient (Wildman–Crippen LogP) is 2.08. The predicted molar refractivity (Wildman–Crippen MR) is 77.5 cm³/mol. The molecule has 0 spiro atoms. The van der Waals surface area contributed by atoms with Gasteiger partial charge in [-0.15, -0.1) is 0 Å². The number of pyridine rings is 1. The molecule has 0 aliphatic carbocycles. The van der Waals surface area contributed by atoms with Crippen LogP contribution in [0.25, 0.3) is 0 Å². The van der Waals surface area contributed by atoms with Crippen LogP contribution in [0.5, 0.6) is 11.5 Å². The lowest BCUT2D eigenvalue weighted by Crippen LogP contribution is -2.30. The zero-order chi connectivity index (χ0) is 14.7. The van der Waals surface area contributed by atoms with Crippen LogP contribution in [0.4, 0.5) is 0 Å². The molecule has 0 saturated carbocycles. The number of para-hydroxylation sites is 1. The Morgan fingerprint density at radius 3 is 3.10 bits per heavy atom. The zero-order valence-electron chi connectivity index (χ0n) is 11.5. The van der Waals surface area contributed by atoms with E-state index < -0.39 is 0 Å². The molecule has 2 heterocycles. The molecule has 2 aromatic rings. The van der Waals surface area contributed by atoms with Gasteiger partial charge in [0.2, 0.25) is 0 Å². The monoisotopic (exact) mass is 284 g/mol. The van der Waals surface area contributed by atoms with E-state index in [0.29, 0.717) is 18.7 Å². The molecule has 2 N–H and O–H groups in total. The number of carbonyl (C=O) groups excluding carboxylic acids is 1. The maximum atomic E-state index is 12.1. The Morgan fingerprint density at radius 1 is 1.38 bits per heavy atom. The van der Waals surface area contributed by atoms with Crippen molar-refractivity contribution in [1.82, 2.24) is 10.3 Å². The Bertz CT molecular complexity index is 657. The highest BCUT2D eigenvalue weighted by atomic mass is 16.5. The van der Waals surface area contributed by atoms with Crippen molar-refractivity contribution in [2.75, 3.05) is 13.2 Å². The number of nitrogens with zero attached hydrogens (tertiary/aromatic N) is 1. The number of fused-ring (bicyclic) bond motifs is 1. The molecule has 1 aliphatic heterocycles. The molecule has 0 unspecified atom stereocenters. The molecule has 0 fully saturated rings. The van der Waals surface area contributed by atoms with Crippen molar-refractivity contribution in [3.05, 3.63) is 53.9 Å². The second-order valence-corrected chi connectivity index (χ2v) is 5.01. The molecular formula is C16H16N2O3. The van der Waals surface area contributed by atoms with E-state index >= 15 is 0 Å². The SMILES string of the molecule is O=C(NC[C@@H]1CCOc2ccccc21)c1cncc(O)c1. The van der Waals surface area contributed by atoms with Gasteiger partial charge in [-0.1, -0.05) is 18.2 Å². The Kier molecular flexibility index (Phi) is 3.73. The minimum absolute atomic E-state index is 0.0148. The summed E-state index contributed by atoms with van der Waals surface area (Å²) in [6.07, 6.45) is 3.61. The van der Waals surface area contributed by atoms with Crippen LogP contribution in [0.3, 0.4) is 0 Å². The molecular weight excluding hydrogens is 268 g/mol. The number of hydrogen-bond donors (Lipinski definition) is 2. The van der Waals surface area contributed by atoms with E-state index in [0.717, 1.165) is 17.7 Å². The quantitative estimate of drug-likeness (QED) is 0.905. The highest BCUT2D eigenvalue weighted by molar-refractivity contribution is 5.94. The Balaban J connectivity index is 1.67. The topological polar surface area (TPSA) is 71.5 Å². The minimum atomic E-state index is -0.234. The Labute approximate surface area is 122 Å². The third kappa shape index (κ3) is 2.97. The summed E-state index contributed by atoms with van der Waals surface area (Å²) >= 11 is 0. The number of carbonyl (C=O) groups is 1. The van der Waals surface area contributed by atoms with Crippen molar-refractivity contribution in [2.24, 2.45) is 0 Å². The Hall–Kier alpha value is -2.56.